The van der Waals surface area contributed by atoms with E-state index in [2.05, 4.69) is 54.7 Å². The molecule has 1 atom stereocenters. The molecule has 0 saturated carbocycles. The Morgan fingerprint density at radius 3 is 2.25 bits per heavy atom. The van der Waals surface area contributed by atoms with Crippen LogP contribution in [0.2, 0.25) is 0 Å². The number of aryl methyl sites for hydroxylation is 1. The minimum absolute atomic E-state index is 0.713. The SMILES string of the molecule is C=CC(CCCCCCCC)CCC[n+]1ccccc1. The van der Waals surface area contributed by atoms with Crippen LogP contribution in [0.1, 0.15) is 64.7 Å². The van der Waals surface area contributed by atoms with E-state index in [1.54, 1.807) is 0 Å². The van der Waals surface area contributed by atoms with E-state index in [1.807, 2.05) is 0 Å². The Hall–Kier alpha value is -1.11. The molecule has 1 rings (SSSR count). The van der Waals surface area contributed by atoms with Crippen molar-refractivity contribution in [3.8, 4) is 0 Å². The first-order valence-corrected chi connectivity index (χ1v) is 8.43. The highest BCUT2D eigenvalue weighted by molar-refractivity contribution is 4.83. The van der Waals surface area contributed by atoms with Crippen LogP contribution >= 0.6 is 0 Å². The van der Waals surface area contributed by atoms with Gasteiger partial charge in [-0.1, -0.05) is 57.6 Å². The van der Waals surface area contributed by atoms with Crippen LogP contribution in [0, 0.1) is 5.92 Å². The molecular formula is C19H32N+. The van der Waals surface area contributed by atoms with Crippen molar-refractivity contribution in [1.29, 1.82) is 0 Å². The molecule has 20 heavy (non-hydrogen) atoms. The molecule has 0 aliphatic rings. The smallest absolute Gasteiger partial charge is 0.168 e. The predicted molar refractivity (Wildman–Crippen MR) is 87.6 cm³/mol. The number of hydrogen-bond acceptors (Lipinski definition) is 0. The number of rotatable bonds is 12. The Kier molecular flexibility index (Phi) is 9.91. The fourth-order valence-corrected chi connectivity index (χ4v) is 2.69. The van der Waals surface area contributed by atoms with E-state index in [4.69, 9.17) is 0 Å². The van der Waals surface area contributed by atoms with Crippen molar-refractivity contribution in [2.24, 2.45) is 5.92 Å². The van der Waals surface area contributed by atoms with Crippen molar-refractivity contribution in [2.75, 3.05) is 0 Å². The average molecular weight is 274 g/mol. The summed E-state index contributed by atoms with van der Waals surface area (Å²) in [4.78, 5) is 0. The highest BCUT2D eigenvalue weighted by Gasteiger charge is 2.06. The van der Waals surface area contributed by atoms with Crippen molar-refractivity contribution in [3.05, 3.63) is 43.2 Å². The molecule has 1 nitrogen and oxygen atoms in total. The van der Waals surface area contributed by atoms with Gasteiger partial charge >= 0.3 is 0 Å². The normalized spacial score (nSPS) is 12.2. The Labute approximate surface area is 125 Å². The van der Waals surface area contributed by atoms with E-state index >= 15 is 0 Å². The molecule has 0 aromatic carbocycles. The summed E-state index contributed by atoms with van der Waals surface area (Å²) in [7, 11) is 0. The zero-order valence-corrected chi connectivity index (χ0v) is 13.3. The second-order valence-electron chi connectivity index (χ2n) is 5.81. The average Bonchev–Trinajstić information content (AvgIpc) is 2.50. The molecule has 112 valence electrons. The molecule has 0 aliphatic carbocycles. The Balaban J connectivity index is 2.06. The van der Waals surface area contributed by atoms with Gasteiger partial charge in [0.1, 0.15) is 6.54 Å². The number of aromatic nitrogens is 1. The molecule has 1 unspecified atom stereocenters. The second-order valence-corrected chi connectivity index (χ2v) is 5.81. The van der Waals surface area contributed by atoms with Crippen LogP contribution in [0.25, 0.3) is 0 Å². The van der Waals surface area contributed by atoms with Gasteiger partial charge in [-0.15, -0.1) is 6.58 Å². The summed E-state index contributed by atoms with van der Waals surface area (Å²) in [6, 6.07) is 6.27. The first kappa shape index (κ1) is 16.9. The molecule has 1 aromatic heterocycles. The maximum atomic E-state index is 4.01. The number of allylic oxidation sites excluding steroid dienone is 1. The number of nitrogens with zero attached hydrogens (tertiary/aromatic N) is 1. The van der Waals surface area contributed by atoms with Gasteiger partial charge in [0.15, 0.2) is 12.4 Å². The van der Waals surface area contributed by atoms with Crippen molar-refractivity contribution >= 4 is 0 Å². The van der Waals surface area contributed by atoms with Crippen LogP contribution in [0.5, 0.6) is 0 Å². The molecular weight excluding hydrogens is 242 g/mol. The third-order valence-electron chi connectivity index (χ3n) is 4.03. The van der Waals surface area contributed by atoms with Crippen molar-refractivity contribution in [2.45, 2.75) is 71.3 Å². The van der Waals surface area contributed by atoms with Crippen LogP contribution in [0.4, 0.5) is 0 Å². The van der Waals surface area contributed by atoms with E-state index in [-0.39, 0.29) is 0 Å². The molecule has 0 bridgehead atoms. The van der Waals surface area contributed by atoms with E-state index in [1.165, 1.54) is 57.8 Å². The van der Waals surface area contributed by atoms with E-state index in [0.717, 1.165) is 6.54 Å². The Morgan fingerprint density at radius 2 is 1.55 bits per heavy atom. The van der Waals surface area contributed by atoms with E-state index in [0.29, 0.717) is 5.92 Å². The monoisotopic (exact) mass is 274 g/mol. The number of hydrogen-bond donors (Lipinski definition) is 0. The van der Waals surface area contributed by atoms with Gasteiger partial charge in [-0.3, -0.25) is 0 Å². The zero-order valence-electron chi connectivity index (χ0n) is 13.3. The van der Waals surface area contributed by atoms with Gasteiger partial charge in [0.2, 0.25) is 0 Å². The minimum Gasteiger partial charge on any atom is -0.205 e. The lowest BCUT2D eigenvalue weighted by molar-refractivity contribution is -0.697. The summed E-state index contributed by atoms with van der Waals surface area (Å²) in [6.45, 7) is 7.41. The molecule has 0 radical (unpaired) electrons. The maximum Gasteiger partial charge on any atom is 0.168 e. The summed E-state index contributed by atoms with van der Waals surface area (Å²) >= 11 is 0. The fraction of sp³-hybridized carbons (Fsp3) is 0.632. The summed E-state index contributed by atoms with van der Waals surface area (Å²) in [6.07, 6.45) is 18.7. The lowest BCUT2D eigenvalue weighted by Crippen LogP contribution is -2.32. The standard InChI is InChI=1S/C19H32N/c1-3-5-6-7-8-10-14-19(4-2)15-13-18-20-16-11-9-12-17-20/h4,9,11-12,16-17,19H,2-3,5-8,10,13-15,18H2,1H3/q+1. The molecule has 0 fully saturated rings. The van der Waals surface area contributed by atoms with Gasteiger partial charge in [0.05, 0.1) is 0 Å². The number of pyridine rings is 1. The van der Waals surface area contributed by atoms with Gasteiger partial charge in [0.25, 0.3) is 0 Å². The van der Waals surface area contributed by atoms with Crippen molar-refractivity contribution in [1.82, 2.24) is 0 Å². The van der Waals surface area contributed by atoms with Gasteiger partial charge in [-0.25, -0.2) is 4.57 Å². The fourth-order valence-electron chi connectivity index (χ4n) is 2.69. The van der Waals surface area contributed by atoms with Gasteiger partial charge < -0.3 is 0 Å². The predicted octanol–water partition coefficient (Wildman–Crippen LogP) is 5.31. The molecule has 0 saturated heterocycles. The van der Waals surface area contributed by atoms with Crippen LogP contribution in [-0.2, 0) is 6.54 Å². The molecule has 0 N–H and O–H groups in total. The van der Waals surface area contributed by atoms with Crippen molar-refractivity contribution in [3.63, 3.8) is 0 Å². The topological polar surface area (TPSA) is 3.88 Å². The zero-order chi connectivity index (χ0) is 14.5. The molecule has 1 heterocycles. The minimum atomic E-state index is 0.713. The Morgan fingerprint density at radius 1 is 0.900 bits per heavy atom. The van der Waals surface area contributed by atoms with Gasteiger partial charge in [-0.2, -0.15) is 0 Å². The molecule has 0 spiro atoms. The van der Waals surface area contributed by atoms with Crippen LogP contribution < -0.4 is 4.57 Å². The van der Waals surface area contributed by atoms with E-state index < -0.39 is 0 Å². The summed E-state index contributed by atoms with van der Waals surface area (Å²) in [5.74, 6) is 0.713. The molecule has 0 amide bonds. The first-order chi connectivity index (χ1) is 9.86. The molecule has 1 aromatic rings. The third kappa shape index (κ3) is 8.14. The highest BCUT2D eigenvalue weighted by Crippen LogP contribution is 2.17. The lowest BCUT2D eigenvalue weighted by Gasteiger charge is -2.11. The second kappa shape index (κ2) is 11.7. The first-order valence-electron chi connectivity index (χ1n) is 8.43. The van der Waals surface area contributed by atoms with Crippen LogP contribution in [-0.4, -0.2) is 0 Å². The summed E-state index contributed by atoms with van der Waals surface area (Å²) in [5, 5.41) is 0. The van der Waals surface area contributed by atoms with Crippen molar-refractivity contribution < 1.29 is 4.57 Å². The van der Waals surface area contributed by atoms with Crippen LogP contribution in [0.15, 0.2) is 43.2 Å². The largest absolute Gasteiger partial charge is 0.205 e. The van der Waals surface area contributed by atoms with Gasteiger partial charge in [0, 0.05) is 18.6 Å². The Bertz CT molecular complexity index is 331. The van der Waals surface area contributed by atoms with E-state index in [9.17, 15) is 0 Å². The van der Waals surface area contributed by atoms with Gasteiger partial charge in [-0.05, 0) is 18.8 Å². The quantitative estimate of drug-likeness (QED) is 0.276. The molecule has 1 heteroatoms. The summed E-state index contributed by atoms with van der Waals surface area (Å²) in [5.41, 5.74) is 0. The maximum absolute atomic E-state index is 4.01. The third-order valence-corrected chi connectivity index (χ3v) is 4.03. The summed E-state index contributed by atoms with van der Waals surface area (Å²) < 4.78 is 2.27. The lowest BCUT2D eigenvalue weighted by atomic mass is 9.96. The molecule has 0 aliphatic heterocycles. The van der Waals surface area contributed by atoms with Crippen LogP contribution in [0.3, 0.4) is 0 Å². The number of unbranched alkanes of at least 4 members (excludes halogenated alkanes) is 5. The highest BCUT2D eigenvalue weighted by atomic mass is 14.9.